The minimum Gasteiger partial charge on any atom is -0.493 e. The van der Waals surface area contributed by atoms with Crippen molar-refractivity contribution in [1.82, 2.24) is 5.32 Å². The lowest BCUT2D eigenvalue weighted by Gasteiger charge is -2.13. The summed E-state index contributed by atoms with van der Waals surface area (Å²) in [4.78, 5) is 24.1. The molecule has 0 aliphatic carbocycles. The van der Waals surface area contributed by atoms with Crippen molar-refractivity contribution >= 4 is 33.4 Å². The standard InChI is InChI=1S/C18H16BrF3N2O4/c1-3-28-17-10(19)6-9(7-13(17)27-2)18(26)23-8-14(25)24-12-5-4-11(20)15(21)16(12)22/h4-7H,3,8H2,1-2H3,(H,23,26)(H,24,25). The maximum Gasteiger partial charge on any atom is 0.251 e. The molecule has 0 aliphatic heterocycles. The second-order valence-electron chi connectivity index (χ2n) is 5.38. The van der Waals surface area contributed by atoms with Gasteiger partial charge in [0, 0.05) is 5.56 Å². The normalized spacial score (nSPS) is 10.4. The van der Waals surface area contributed by atoms with Crippen LogP contribution < -0.4 is 20.1 Å². The van der Waals surface area contributed by atoms with Gasteiger partial charge in [-0.1, -0.05) is 0 Å². The van der Waals surface area contributed by atoms with E-state index in [0.29, 0.717) is 28.6 Å². The minimum absolute atomic E-state index is 0.180. The van der Waals surface area contributed by atoms with Gasteiger partial charge in [-0.15, -0.1) is 0 Å². The van der Waals surface area contributed by atoms with E-state index in [2.05, 4.69) is 26.6 Å². The molecule has 2 rings (SSSR count). The van der Waals surface area contributed by atoms with E-state index in [9.17, 15) is 22.8 Å². The summed E-state index contributed by atoms with van der Waals surface area (Å²) < 4.78 is 50.7. The third-order valence-electron chi connectivity index (χ3n) is 3.50. The number of halogens is 4. The lowest BCUT2D eigenvalue weighted by molar-refractivity contribution is -0.115. The van der Waals surface area contributed by atoms with E-state index in [1.807, 2.05) is 0 Å². The quantitative estimate of drug-likeness (QED) is 0.618. The highest BCUT2D eigenvalue weighted by atomic mass is 79.9. The van der Waals surface area contributed by atoms with Crippen molar-refractivity contribution in [2.24, 2.45) is 0 Å². The van der Waals surface area contributed by atoms with Crippen LogP contribution in [0.2, 0.25) is 0 Å². The molecule has 0 unspecified atom stereocenters. The van der Waals surface area contributed by atoms with E-state index in [0.717, 1.165) is 6.07 Å². The molecule has 0 saturated heterocycles. The van der Waals surface area contributed by atoms with Crippen LogP contribution in [0.25, 0.3) is 0 Å². The summed E-state index contributed by atoms with van der Waals surface area (Å²) in [6, 6.07) is 4.46. The van der Waals surface area contributed by atoms with Crippen molar-refractivity contribution < 1.29 is 32.2 Å². The van der Waals surface area contributed by atoms with Gasteiger partial charge in [0.05, 0.1) is 30.4 Å². The average molecular weight is 461 g/mol. The number of hydrogen-bond donors (Lipinski definition) is 2. The molecular formula is C18H16BrF3N2O4. The van der Waals surface area contributed by atoms with Gasteiger partial charge in [-0.3, -0.25) is 9.59 Å². The van der Waals surface area contributed by atoms with E-state index in [4.69, 9.17) is 9.47 Å². The Bertz CT molecular complexity index is 909. The molecule has 0 aliphatic rings. The Hall–Kier alpha value is -2.75. The highest BCUT2D eigenvalue weighted by Gasteiger charge is 2.18. The van der Waals surface area contributed by atoms with Gasteiger partial charge in [-0.05, 0) is 47.1 Å². The van der Waals surface area contributed by atoms with E-state index in [1.54, 1.807) is 6.92 Å². The summed E-state index contributed by atoms with van der Waals surface area (Å²) in [7, 11) is 1.41. The molecule has 0 radical (unpaired) electrons. The first kappa shape index (κ1) is 21.5. The number of methoxy groups -OCH3 is 1. The molecule has 2 aromatic carbocycles. The first-order valence-corrected chi connectivity index (χ1v) is 8.79. The zero-order valence-electron chi connectivity index (χ0n) is 14.9. The van der Waals surface area contributed by atoms with Crippen LogP contribution in [-0.2, 0) is 4.79 Å². The Morgan fingerprint density at radius 3 is 2.50 bits per heavy atom. The largest absolute Gasteiger partial charge is 0.493 e. The van der Waals surface area contributed by atoms with Crippen LogP contribution in [0.1, 0.15) is 17.3 Å². The molecule has 2 aromatic rings. The lowest BCUT2D eigenvalue weighted by atomic mass is 10.2. The van der Waals surface area contributed by atoms with E-state index >= 15 is 0 Å². The first-order valence-electron chi connectivity index (χ1n) is 8.00. The van der Waals surface area contributed by atoms with Gasteiger partial charge >= 0.3 is 0 Å². The van der Waals surface area contributed by atoms with E-state index in [-0.39, 0.29) is 5.56 Å². The molecule has 0 fully saturated rings. The third kappa shape index (κ3) is 4.94. The molecule has 0 bridgehead atoms. The Labute approximate surface area is 167 Å². The van der Waals surface area contributed by atoms with Gasteiger partial charge in [0.25, 0.3) is 5.91 Å². The highest BCUT2D eigenvalue weighted by molar-refractivity contribution is 9.10. The number of carbonyl (C=O) groups is 2. The molecule has 0 atom stereocenters. The number of rotatable bonds is 7. The summed E-state index contributed by atoms with van der Waals surface area (Å²) in [5.74, 6) is -5.30. The molecule has 10 heteroatoms. The summed E-state index contributed by atoms with van der Waals surface area (Å²) in [6.07, 6.45) is 0. The molecule has 0 heterocycles. The van der Waals surface area contributed by atoms with Crippen LogP contribution in [0, 0.1) is 17.5 Å². The summed E-state index contributed by atoms with van der Waals surface area (Å²) >= 11 is 3.28. The number of ether oxygens (including phenoxy) is 2. The van der Waals surface area contributed by atoms with Crippen LogP contribution in [0.4, 0.5) is 18.9 Å². The second kappa shape index (κ2) is 9.45. The molecule has 28 heavy (non-hydrogen) atoms. The van der Waals surface area contributed by atoms with Gasteiger partial charge in [0.1, 0.15) is 0 Å². The Kier molecular flexibility index (Phi) is 7.27. The molecule has 0 saturated carbocycles. The van der Waals surface area contributed by atoms with Crippen LogP contribution >= 0.6 is 15.9 Å². The first-order chi connectivity index (χ1) is 13.3. The summed E-state index contributed by atoms with van der Waals surface area (Å²) in [5.41, 5.74) is -0.359. The fourth-order valence-electron chi connectivity index (χ4n) is 2.21. The van der Waals surface area contributed by atoms with Crippen LogP contribution in [0.15, 0.2) is 28.7 Å². The van der Waals surface area contributed by atoms with Gasteiger partial charge < -0.3 is 20.1 Å². The number of anilines is 1. The number of hydrogen-bond acceptors (Lipinski definition) is 4. The third-order valence-corrected chi connectivity index (χ3v) is 4.09. The summed E-state index contributed by atoms with van der Waals surface area (Å²) in [5, 5.41) is 4.39. The molecule has 2 amide bonds. The van der Waals surface area contributed by atoms with Gasteiger partial charge in [0.15, 0.2) is 29.0 Å². The van der Waals surface area contributed by atoms with Crippen molar-refractivity contribution in [2.75, 3.05) is 25.6 Å². The van der Waals surface area contributed by atoms with Gasteiger partial charge in [0.2, 0.25) is 5.91 Å². The van der Waals surface area contributed by atoms with Crippen LogP contribution in [0.3, 0.4) is 0 Å². The predicted octanol–water partition coefficient (Wildman–Crippen LogP) is 3.64. The van der Waals surface area contributed by atoms with E-state index in [1.165, 1.54) is 19.2 Å². The zero-order chi connectivity index (χ0) is 20.8. The maximum absolute atomic E-state index is 13.6. The number of nitrogens with one attached hydrogen (secondary N) is 2. The number of benzene rings is 2. The Balaban J connectivity index is 2.05. The number of amides is 2. The maximum atomic E-state index is 13.6. The topological polar surface area (TPSA) is 76.7 Å². The predicted molar refractivity (Wildman–Crippen MR) is 99.1 cm³/mol. The van der Waals surface area contributed by atoms with Crippen molar-refractivity contribution in [3.05, 3.63) is 51.8 Å². The molecule has 0 spiro atoms. The number of carbonyl (C=O) groups excluding carboxylic acids is 2. The fraction of sp³-hybridized carbons (Fsp3) is 0.222. The smallest absolute Gasteiger partial charge is 0.251 e. The van der Waals surface area contributed by atoms with Crippen molar-refractivity contribution in [3.8, 4) is 11.5 Å². The SMILES string of the molecule is CCOc1c(Br)cc(C(=O)NCC(=O)Nc2ccc(F)c(F)c2F)cc1OC. The Morgan fingerprint density at radius 2 is 1.86 bits per heavy atom. The molecule has 0 aromatic heterocycles. The van der Waals surface area contributed by atoms with Crippen molar-refractivity contribution in [3.63, 3.8) is 0 Å². The summed E-state index contributed by atoms with van der Waals surface area (Å²) in [6.45, 7) is 1.66. The monoisotopic (exact) mass is 460 g/mol. The van der Waals surface area contributed by atoms with Crippen molar-refractivity contribution in [1.29, 1.82) is 0 Å². The van der Waals surface area contributed by atoms with Gasteiger partial charge in [-0.25, -0.2) is 13.2 Å². The fourth-order valence-corrected chi connectivity index (χ4v) is 2.77. The van der Waals surface area contributed by atoms with Crippen LogP contribution in [0.5, 0.6) is 11.5 Å². The zero-order valence-corrected chi connectivity index (χ0v) is 16.5. The molecule has 150 valence electrons. The van der Waals surface area contributed by atoms with Gasteiger partial charge in [-0.2, -0.15) is 0 Å². The van der Waals surface area contributed by atoms with E-state index < -0.39 is 41.5 Å². The molecule has 2 N–H and O–H groups in total. The average Bonchev–Trinajstić information content (AvgIpc) is 2.68. The highest BCUT2D eigenvalue weighted by Crippen LogP contribution is 2.36. The molecule has 6 nitrogen and oxygen atoms in total. The lowest BCUT2D eigenvalue weighted by Crippen LogP contribution is -2.33. The van der Waals surface area contributed by atoms with Crippen LogP contribution in [-0.4, -0.2) is 32.1 Å². The van der Waals surface area contributed by atoms with Crippen molar-refractivity contribution in [2.45, 2.75) is 6.92 Å². The minimum atomic E-state index is -1.70. The molecular weight excluding hydrogens is 445 g/mol. The Morgan fingerprint density at radius 1 is 1.14 bits per heavy atom. The second-order valence-corrected chi connectivity index (χ2v) is 6.23.